The molecule has 0 aliphatic rings. The summed E-state index contributed by atoms with van der Waals surface area (Å²) in [6, 6.07) is 12.8. The first-order valence-corrected chi connectivity index (χ1v) is 6.74. The van der Waals surface area contributed by atoms with Crippen LogP contribution >= 0.6 is 0 Å². The van der Waals surface area contributed by atoms with Gasteiger partial charge >= 0.3 is 0 Å². The molecule has 114 valence electrons. The number of hydrogen-bond acceptors (Lipinski definition) is 4. The van der Waals surface area contributed by atoms with Gasteiger partial charge in [-0.05, 0) is 17.7 Å². The Hall–Kier alpha value is -2.64. The standard InChI is InChI=1S/C18H18O4/c1-20-16-11-13(12-17(21-2)18(16)22-3)9-10-15(19)14-7-5-4-6-8-14/h4-8,11-12,15,19H,1-3H3. The van der Waals surface area contributed by atoms with Crippen LogP contribution in [0.3, 0.4) is 0 Å². The summed E-state index contributed by atoms with van der Waals surface area (Å²) in [5, 5.41) is 10.1. The lowest BCUT2D eigenvalue weighted by atomic mass is 10.1. The molecule has 2 aromatic carbocycles. The van der Waals surface area contributed by atoms with E-state index in [0.717, 1.165) is 5.56 Å². The van der Waals surface area contributed by atoms with Crippen molar-refractivity contribution in [2.24, 2.45) is 0 Å². The van der Waals surface area contributed by atoms with Crippen LogP contribution in [0.25, 0.3) is 0 Å². The van der Waals surface area contributed by atoms with Crippen molar-refractivity contribution in [3.8, 4) is 29.1 Å². The third kappa shape index (κ3) is 3.51. The maximum atomic E-state index is 10.1. The molecule has 0 heterocycles. The fourth-order valence-electron chi connectivity index (χ4n) is 2.02. The monoisotopic (exact) mass is 298 g/mol. The quantitative estimate of drug-likeness (QED) is 0.882. The summed E-state index contributed by atoms with van der Waals surface area (Å²) in [6.45, 7) is 0. The first kappa shape index (κ1) is 15.7. The highest BCUT2D eigenvalue weighted by molar-refractivity contribution is 5.57. The highest BCUT2D eigenvalue weighted by Gasteiger charge is 2.12. The Morgan fingerprint density at radius 1 is 0.909 bits per heavy atom. The summed E-state index contributed by atoms with van der Waals surface area (Å²) in [5.41, 5.74) is 1.42. The van der Waals surface area contributed by atoms with Gasteiger partial charge in [0.15, 0.2) is 11.5 Å². The molecule has 1 unspecified atom stereocenters. The summed E-state index contributed by atoms with van der Waals surface area (Å²) in [6.07, 6.45) is -0.847. The molecular weight excluding hydrogens is 280 g/mol. The van der Waals surface area contributed by atoms with Crippen LogP contribution in [0, 0.1) is 11.8 Å². The molecule has 0 amide bonds. The summed E-state index contributed by atoms with van der Waals surface area (Å²) in [4.78, 5) is 0. The van der Waals surface area contributed by atoms with Crippen LogP contribution in [0.4, 0.5) is 0 Å². The van der Waals surface area contributed by atoms with Gasteiger partial charge in [-0.25, -0.2) is 0 Å². The smallest absolute Gasteiger partial charge is 0.203 e. The maximum Gasteiger partial charge on any atom is 0.203 e. The number of methoxy groups -OCH3 is 3. The normalized spacial score (nSPS) is 11.1. The van der Waals surface area contributed by atoms with Crippen LogP contribution in [0.2, 0.25) is 0 Å². The Labute approximate surface area is 130 Å². The molecule has 1 N–H and O–H groups in total. The van der Waals surface area contributed by atoms with E-state index in [1.165, 1.54) is 0 Å². The third-order valence-electron chi connectivity index (χ3n) is 3.13. The third-order valence-corrected chi connectivity index (χ3v) is 3.13. The zero-order valence-electron chi connectivity index (χ0n) is 12.8. The molecule has 0 saturated heterocycles. The van der Waals surface area contributed by atoms with E-state index in [1.807, 2.05) is 30.3 Å². The fraction of sp³-hybridized carbons (Fsp3) is 0.222. The molecule has 0 radical (unpaired) electrons. The Morgan fingerprint density at radius 3 is 2.00 bits per heavy atom. The molecule has 22 heavy (non-hydrogen) atoms. The van der Waals surface area contributed by atoms with Gasteiger partial charge in [0.2, 0.25) is 5.75 Å². The lowest BCUT2D eigenvalue weighted by molar-refractivity contribution is 0.238. The van der Waals surface area contributed by atoms with Crippen molar-refractivity contribution in [1.82, 2.24) is 0 Å². The average molecular weight is 298 g/mol. The van der Waals surface area contributed by atoms with E-state index < -0.39 is 6.10 Å². The zero-order chi connectivity index (χ0) is 15.9. The molecule has 4 nitrogen and oxygen atoms in total. The first-order valence-electron chi connectivity index (χ1n) is 6.74. The van der Waals surface area contributed by atoms with Gasteiger partial charge < -0.3 is 19.3 Å². The van der Waals surface area contributed by atoms with E-state index >= 15 is 0 Å². The van der Waals surface area contributed by atoms with Crippen molar-refractivity contribution < 1.29 is 19.3 Å². The van der Waals surface area contributed by atoms with Crippen LogP contribution in [0.5, 0.6) is 17.2 Å². The van der Waals surface area contributed by atoms with Crippen molar-refractivity contribution in [1.29, 1.82) is 0 Å². The van der Waals surface area contributed by atoms with Crippen molar-refractivity contribution in [3.05, 3.63) is 53.6 Å². The highest BCUT2D eigenvalue weighted by atomic mass is 16.5. The number of aliphatic hydroxyl groups excluding tert-OH is 1. The fourth-order valence-corrected chi connectivity index (χ4v) is 2.02. The lowest BCUT2D eigenvalue weighted by Gasteiger charge is -2.12. The van der Waals surface area contributed by atoms with Gasteiger partial charge in [0.25, 0.3) is 0 Å². The Kier molecular flexibility index (Phi) is 5.29. The van der Waals surface area contributed by atoms with Crippen molar-refractivity contribution >= 4 is 0 Å². The molecule has 0 saturated carbocycles. The van der Waals surface area contributed by atoms with Crippen LogP contribution < -0.4 is 14.2 Å². The molecule has 1 atom stereocenters. The summed E-state index contributed by atoms with van der Waals surface area (Å²) in [5.74, 6) is 7.31. The lowest BCUT2D eigenvalue weighted by Crippen LogP contribution is -1.96. The molecule has 2 aromatic rings. The van der Waals surface area contributed by atoms with E-state index in [1.54, 1.807) is 33.5 Å². The molecule has 0 aliphatic carbocycles. The van der Waals surface area contributed by atoms with Gasteiger partial charge in [-0.15, -0.1) is 0 Å². The van der Waals surface area contributed by atoms with Gasteiger partial charge in [0.1, 0.15) is 6.10 Å². The molecular formula is C18H18O4. The van der Waals surface area contributed by atoms with Crippen LogP contribution in [-0.2, 0) is 0 Å². The molecule has 2 rings (SSSR count). The van der Waals surface area contributed by atoms with Gasteiger partial charge in [-0.3, -0.25) is 0 Å². The largest absolute Gasteiger partial charge is 0.493 e. The molecule has 0 fully saturated rings. The summed E-state index contributed by atoms with van der Waals surface area (Å²) in [7, 11) is 4.64. The molecule has 4 heteroatoms. The first-order chi connectivity index (χ1) is 10.7. The van der Waals surface area contributed by atoms with Crippen LogP contribution in [-0.4, -0.2) is 26.4 Å². The van der Waals surface area contributed by atoms with Gasteiger partial charge in [-0.1, -0.05) is 42.2 Å². The topological polar surface area (TPSA) is 47.9 Å². The van der Waals surface area contributed by atoms with Gasteiger partial charge in [-0.2, -0.15) is 0 Å². The van der Waals surface area contributed by atoms with Gasteiger partial charge in [0, 0.05) is 5.56 Å². The van der Waals surface area contributed by atoms with Gasteiger partial charge in [0.05, 0.1) is 21.3 Å². The number of rotatable bonds is 4. The van der Waals surface area contributed by atoms with Crippen LogP contribution in [0.1, 0.15) is 17.2 Å². The van der Waals surface area contributed by atoms with E-state index in [2.05, 4.69) is 11.8 Å². The minimum absolute atomic E-state index is 0.513. The SMILES string of the molecule is COc1cc(C#CC(O)c2ccccc2)cc(OC)c1OC. The maximum absolute atomic E-state index is 10.1. The molecule has 0 spiro atoms. The minimum Gasteiger partial charge on any atom is -0.493 e. The summed E-state index contributed by atoms with van der Waals surface area (Å²) < 4.78 is 15.8. The van der Waals surface area contributed by atoms with E-state index in [-0.39, 0.29) is 0 Å². The number of hydrogen-bond donors (Lipinski definition) is 1. The predicted octanol–water partition coefficient (Wildman–Crippen LogP) is 2.80. The predicted molar refractivity (Wildman–Crippen MR) is 84.4 cm³/mol. The Morgan fingerprint density at radius 2 is 1.50 bits per heavy atom. The highest BCUT2D eigenvalue weighted by Crippen LogP contribution is 2.37. The van der Waals surface area contributed by atoms with Crippen molar-refractivity contribution in [2.45, 2.75) is 6.10 Å². The van der Waals surface area contributed by atoms with Crippen molar-refractivity contribution in [2.75, 3.05) is 21.3 Å². The van der Waals surface area contributed by atoms with E-state index in [4.69, 9.17) is 14.2 Å². The number of aliphatic hydroxyl groups is 1. The minimum atomic E-state index is -0.847. The molecule has 0 aliphatic heterocycles. The Balaban J connectivity index is 2.33. The molecule has 0 aromatic heterocycles. The number of ether oxygens (including phenoxy) is 3. The van der Waals surface area contributed by atoms with Crippen molar-refractivity contribution in [3.63, 3.8) is 0 Å². The molecule has 0 bridgehead atoms. The second kappa shape index (κ2) is 7.39. The Bertz CT molecular complexity index is 658. The second-order valence-corrected chi connectivity index (χ2v) is 4.50. The van der Waals surface area contributed by atoms with E-state index in [9.17, 15) is 5.11 Å². The average Bonchev–Trinajstić information content (AvgIpc) is 2.59. The van der Waals surface area contributed by atoms with Crippen LogP contribution in [0.15, 0.2) is 42.5 Å². The van der Waals surface area contributed by atoms with E-state index in [0.29, 0.717) is 22.8 Å². The second-order valence-electron chi connectivity index (χ2n) is 4.50. The summed E-state index contributed by atoms with van der Waals surface area (Å²) >= 11 is 0. The zero-order valence-corrected chi connectivity index (χ0v) is 12.8. The number of benzene rings is 2.